The van der Waals surface area contributed by atoms with Crippen molar-refractivity contribution in [2.24, 2.45) is 0 Å². The van der Waals surface area contributed by atoms with E-state index in [-0.39, 0.29) is 17.5 Å². The molecule has 0 saturated heterocycles. The summed E-state index contributed by atoms with van der Waals surface area (Å²) in [7, 11) is 1.93. The highest BCUT2D eigenvalue weighted by Gasteiger charge is 2.20. The second kappa shape index (κ2) is 6.52. The molecule has 7 heteroatoms. The third-order valence-electron chi connectivity index (χ3n) is 4.05. The maximum absolute atomic E-state index is 12.1. The van der Waals surface area contributed by atoms with Gasteiger partial charge in [-0.3, -0.25) is 9.69 Å². The number of benzene rings is 1. The summed E-state index contributed by atoms with van der Waals surface area (Å²) in [6.07, 6.45) is 0. The zero-order valence-corrected chi connectivity index (χ0v) is 14.3. The van der Waals surface area contributed by atoms with Gasteiger partial charge in [-0.2, -0.15) is 4.98 Å². The van der Waals surface area contributed by atoms with Crippen LogP contribution in [-0.2, 0) is 6.54 Å². The van der Waals surface area contributed by atoms with Crippen LogP contribution in [-0.4, -0.2) is 32.1 Å². The monoisotopic (exact) mass is 327 g/mol. The SMILES string of the molecule is CC(C)c1noc([C@H](C)N(C)Cc2nc3ccccc3c(=O)[nH]2)n1. The van der Waals surface area contributed by atoms with Crippen molar-refractivity contribution in [3.63, 3.8) is 0 Å². The Morgan fingerprint density at radius 2 is 1.96 bits per heavy atom. The minimum absolute atomic E-state index is 0.0817. The van der Waals surface area contributed by atoms with Crippen molar-refractivity contribution < 1.29 is 4.52 Å². The van der Waals surface area contributed by atoms with Crippen LogP contribution in [0.3, 0.4) is 0 Å². The summed E-state index contributed by atoms with van der Waals surface area (Å²) in [6.45, 7) is 6.50. The molecule has 0 bridgehead atoms. The van der Waals surface area contributed by atoms with E-state index >= 15 is 0 Å². The third kappa shape index (κ3) is 3.21. The first-order chi connectivity index (χ1) is 11.5. The normalized spacial score (nSPS) is 13.1. The number of H-pyrrole nitrogens is 1. The number of fused-ring (bicyclic) bond motifs is 1. The van der Waals surface area contributed by atoms with Crippen molar-refractivity contribution in [3.8, 4) is 0 Å². The molecular formula is C17H21N5O2. The standard InChI is InChI=1S/C17H21N5O2/c1-10(2)15-20-17(24-21-15)11(3)22(4)9-14-18-13-8-6-5-7-12(13)16(23)19-14/h5-8,10-11H,9H2,1-4H3,(H,18,19,23)/t11-/m0/s1. The third-order valence-corrected chi connectivity index (χ3v) is 4.05. The van der Waals surface area contributed by atoms with E-state index in [1.54, 1.807) is 6.07 Å². The van der Waals surface area contributed by atoms with E-state index in [0.717, 1.165) is 0 Å². The Hall–Kier alpha value is -2.54. The molecule has 1 aromatic carbocycles. The fourth-order valence-electron chi connectivity index (χ4n) is 2.42. The first-order valence-electron chi connectivity index (χ1n) is 7.97. The molecule has 0 aliphatic carbocycles. The van der Waals surface area contributed by atoms with E-state index in [2.05, 4.69) is 20.1 Å². The molecule has 0 fully saturated rings. The lowest BCUT2D eigenvalue weighted by Gasteiger charge is -2.20. The van der Waals surface area contributed by atoms with Gasteiger partial charge >= 0.3 is 0 Å². The molecule has 0 amide bonds. The zero-order valence-electron chi connectivity index (χ0n) is 14.3. The highest BCUT2D eigenvalue weighted by Crippen LogP contribution is 2.20. The van der Waals surface area contributed by atoms with Crippen molar-refractivity contribution in [1.29, 1.82) is 0 Å². The maximum atomic E-state index is 12.1. The fraction of sp³-hybridized carbons (Fsp3) is 0.412. The Morgan fingerprint density at radius 3 is 2.67 bits per heavy atom. The number of para-hydroxylation sites is 1. The van der Waals surface area contributed by atoms with Gasteiger partial charge in [-0.15, -0.1) is 0 Å². The van der Waals surface area contributed by atoms with E-state index in [1.165, 1.54) is 0 Å². The number of hydrogen-bond donors (Lipinski definition) is 1. The molecule has 24 heavy (non-hydrogen) atoms. The maximum Gasteiger partial charge on any atom is 0.258 e. The summed E-state index contributed by atoms with van der Waals surface area (Å²) in [5.41, 5.74) is 0.564. The Labute approximate surface area is 139 Å². The van der Waals surface area contributed by atoms with E-state index in [4.69, 9.17) is 4.52 Å². The molecule has 1 N–H and O–H groups in total. The zero-order chi connectivity index (χ0) is 17.3. The van der Waals surface area contributed by atoms with Crippen LogP contribution in [0, 0.1) is 0 Å². The predicted octanol–water partition coefficient (Wildman–Crippen LogP) is 2.62. The molecule has 0 aliphatic rings. The Kier molecular flexibility index (Phi) is 4.44. The van der Waals surface area contributed by atoms with Crippen molar-refractivity contribution in [2.75, 3.05) is 7.05 Å². The van der Waals surface area contributed by atoms with Crippen LogP contribution in [0.15, 0.2) is 33.6 Å². The van der Waals surface area contributed by atoms with Crippen molar-refractivity contribution in [1.82, 2.24) is 25.0 Å². The smallest absolute Gasteiger partial charge is 0.258 e. The van der Waals surface area contributed by atoms with Gasteiger partial charge in [-0.1, -0.05) is 31.1 Å². The van der Waals surface area contributed by atoms with Gasteiger partial charge in [0.2, 0.25) is 5.89 Å². The summed E-state index contributed by atoms with van der Waals surface area (Å²) in [5.74, 6) is 2.09. The fourth-order valence-corrected chi connectivity index (χ4v) is 2.42. The summed E-state index contributed by atoms with van der Waals surface area (Å²) in [6, 6.07) is 7.22. The number of nitrogens with zero attached hydrogens (tertiary/aromatic N) is 4. The molecule has 126 valence electrons. The Morgan fingerprint density at radius 1 is 1.21 bits per heavy atom. The average molecular weight is 327 g/mol. The lowest BCUT2D eigenvalue weighted by molar-refractivity contribution is 0.198. The Balaban J connectivity index is 1.80. The molecule has 2 aromatic heterocycles. The number of aromatic amines is 1. The van der Waals surface area contributed by atoms with Gasteiger partial charge < -0.3 is 9.51 Å². The highest BCUT2D eigenvalue weighted by atomic mass is 16.5. The molecule has 0 radical (unpaired) electrons. The van der Waals surface area contributed by atoms with Crippen LogP contribution in [0.25, 0.3) is 10.9 Å². The topological polar surface area (TPSA) is 87.9 Å². The molecule has 0 spiro atoms. The van der Waals surface area contributed by atoms with Crippen molar-refractivity contribution in [2.45, 2.75) is 39.3 Å². The molecule has 1 atom stereocenters. The minimum Gasteiger partial charge on any atom is -0.338 e. The van der Waals surface area contributed by atoms with Crippen LogP contribution >= 0.6 is 0 Å². The minimum atomic E-state index is -0.128. The summed E-state index contributed by atoms with van der Waals surface area (Å²) in [4.78, 5) is 25.9. The van der Waals surface area contributed by atoms with Gasteiger partial charge in [0, 0.05) is 5.92 Å². The van der Waals surface area contributed by atoms with E-state index in [9.17, 15) is 4.79 Å². The molecule has 7 nitrogen and oxygen atoms in total. The lowest BCUT2D eigenvalue weighted by atomic mass is 10.2. The van der Waals surface area contributed by atoms with Crippen molar-refractivity contribution in [3.05, 3.63) is 52.2 Å². The average Bonchev–Trinajstić information content (AvgIpc) is 3.04. The number of nitrogens with one attached hydrogen (secondary N) is 1. The van der Waals surface area contributed by atoms with Crippen LogP contribution in [0.5, 0.6) is 0 Å². The summed E-state index contributed by atoms with van der Waals surface area (Å²) in [5, 5.41) is 4.59. The van der Waals surface area contributed by atoms with E-state index in [0.29, 0.717) is 35.0 Å². The molecular weight excluding hydrogens is 306 g/mol. The summed E-state index contributed by atoms with van der Waals surface area (Å²) < 4.78 is 5.35. The largest absolute Gasteiger partial charge is 0.338 e. The lowest BCUT2D eigenvalue weighted by Crippen LogP contribution is -2.25. The molecule has 3 rings (SSSR count). The number of rotatable bonds is 5. The second-order valence-electron chi connectivity index (χ2n) is 6.27. The molecule has 0 unspecified atom stereocenters. The second-order valence-corrected chi connectivity index (χ2v) is 6.27. The van der Waals surface area contributed by atoms with E-state index < -0.39 is 0 Å². The number of hydrogen-bond acceptors (Lipinski definition) is 6. The molecule has 3 aromatic rings. The number of aromatic nitrogens is 4. The van der Waals surface area contributed by atoms with Gasteiger partial charge in [0.15, 0.2) is 5.82 Å². The quantitative estimate of drug-likeness (QED) is 0.775. The van der Waals surface area contributed by atoms with E-state index in [1.807, 2.05) is 50.9 Å². The summed E-state index contributed by atoms with van der Waals surface area (Å²) >= 11 is 0. The van der Waals surface area contributed by atoms with Crippen molar-refractivity contribution >= 4 is 10.9 Å². The van der Waals surface area contributed by atoms with Gasteiger partial charge in [0.25, 0.3) is 5.56 Å². The van der Waals surface area contributed by atoms with Gasteiger partial charge in [-0.25, -0.2) is 4.98 Å². The van der Waals surface area contributed by atoms with Gasteiger partial charge in [0.05, 0.1) is 23.5 Å². The first kappa shape index (κ1) is 16.3. The Bertz CT molecular complexity index is 899. The van der Waals surface area contributed by atoms with Gasteiger partial charge in [0.1, 0.15) is 5.82 Å². The van der Waals surface area contributed by atoms with Crippen LogP contribution < -0.4 is 5.56 Å². The highest BCUT2D eigenvalue weighted by molar-refractivity contribution is 5.77. The van der Waals surface area contributed by atoms with Crippen LogP contribution in [0.2, 0.25) is 0 Å². The molecule has 0 aliphatic heterocycles. The molecule has 0 saturated carbocycles. The predicted molar refractivity (Wildman–Crippen MR) is 90.6 cm³/mol. The van der Waals surface area contributed by atoms with Crippen LogP contribution in [0.1, 0.15) is 50.3 Å². The van der Waals surface area contributed by atoms with Gasteiger partial charge in [-0.05, 0) is 26.1 Å². The molecule has 2 heterocycles. The van der Waals surface area contributed by atoms with Crippen LogP contribution in [0.4, 0.5) is 0 Å². The first-order valence-corrected chi connectivity index (χ1v) is 7.97.